The van der Waals surface area contributed by atoms with E-state index in [2.05, 4.69) is 15.6 Å². The van der Waals surface area contributed by atoms with Gasteiger partial charge in [-0.05, 0) is 44.0 Å². The Bertz CT molecular complexity index is 1050. The van der Waals surface area contributed by atoms with E-state index in [1.165, 1.54) is 17.8 Å². The molecule has 3 rings (SSSR count). The van der Waals surface area contributed by atoms with Gasteiger partial charge in [0.1, 0.15) is 5.75 Å². The van der Waals surface area contributed by atoms with Crippen LogP contribution in [0.3, 0.4) is 0 Å². The van der Waals surface area contributed by atoms with Gasteiger partial charge >= 0.3 is 0 Å². The van der Waals surface area contributed by atoms with Gasteiger partial charge in [-0.2, -0.15) is 8.78 Å². The molecule has 1 aromatic heterocycles. The van der Waals surface area contributed by atoms with E-state index in [0.717, 1.165) is 11.1 Å². The zero-order valence-corrected chi connectivity index (χ0v) is 16.7. The van der Waals surface area contributed by atoms with Crippen LogP contribution in [0.4, 0.5) is 8.78 Å². The molecule has 1 heterocycles. The molecule has 0 saturated heterocycles. The molecule has 6 nitrogen and oxygen atoms in total. The molecule has 29 heavy (non-hydrogen) atoms. The zero-order chi connectivity index (χ0) is 21.2. The SMILES string of the molecule is Cc1cccc(Oc2nnn(C)c2C(=O)NCC(F)(F)c2ccc(C)cc2C)c1. The van der Waals surface area contributed by atoms with E-state index >= 15 is 0 Å². The Morgan fingerprint density at radius 3 is 2.55 bits per heavy atom. The minimum atomic E-state index is -3.23. The van der Waals surface area contributed by atoms with Gasteiger partial charge in [-0.1, -0.05) is 46.2 Å². The van der Waals surface area contributed by atoms with E-state index in [-0.39, 0.29) is 17.1 Å². The summed E-state index contributed by atoms with van der Waals surface area (Å²) in [5.41, 5.74) is 2.16. The van der Waals surface area contributed by atoms with Gasteiger partial charge in [0.2, 0.25) is 0 Å². The van der Waals surface area contributed by atoms with Crippen LogP contribution in [-0.4, -0.2) is 27.4 Å². The molecule has 2 aromatic carbocycles. The number of carbonyl (C=O) groups is 1. The second-order valence-corrected chi connectivity index (χ2v) is 6.99. The van der Waals surface area contributed by atoms with Gasteiger partial charge in [-0.15, -0.1) is 0 Å². The fraction of sp³-hybridized carbons (Fsp3) is 0.286. The van der Waals surface area contributed by atoms with Gasteiger partial charge in [0.25, 0.3) is 17.7 Å². The van der Waals surface area contributed by atoms with E-state index in [9.17, 15) is 13.6 Å². The predicted octanol–water partition coefficient (Wildman–Crippen LogP) is 4.05. The van der Waals surface area contributed by atoms with E-state index in [0.29, 0.717) is 11.3 Å². The van der Waals surface area contributed by atoms with Crippen LogP contribution >= 0.6 is 0 Å². The Balaban J connectivity index is 1.76. The number of alkyl halides is 2. The monoisotopic (exact) mass is 400 g/mol. The van der Waals surface area contributed by atoms with E-state index < -0.39 is 18.4 Å². The van der Waals surface area contributed by atoms with Crippen molar-refractivity contribution in [2.75, 3.05) is 6.54 Å². The van der Waals surface area contributed by atoms with E-state index in [1.54, 1.807) is 37.3 Å². The van der Waals surface area contributed by atoms with Gasteiger partial charge < -0.3 is 10.1 Å². The Hall–Kier alpha value is -3.29. The number of aromatic nitrogens is 3. The van der Waals surface area contributed by atoms with Gasteiger partial charge in [-0.3, -0.25) is 4.79 Å². The molecule has 0 fully saturated rings. The third-order valence-electron chi connectivity index (χ3n) is 4.46. The van der Waals surface area contributed by atoms with Gasteiger partial charge in [0.05, 0.1) is 6.54 Å². The molecule has 152 valence electrons. The van der Waals surface area contributed by atoms with E-state index in [4.69, 9.17) is 4.74 Å². The number of halogens is 2. The summed E-state index contributed by atoms with van der Waals surface area (Å²) in [6.07, 6.45) is 0. The van der Waals surface area contributed by atoms with Gasteiger partial charge in [0.15, 0.2) is 5.69 Å². The lowest BCUT2D eigenvalue weighted by Crippen LogP contribution is -2.36. The Labute approximate surface area is 167 Å². The quantitative estimate of drug-likeness (QED) is 0.678. The van der Waals surface area contributed by atoms with Crippen LogP contribution in [0.5, 0.6) is 11.6 Å². The van der Waals surface area contributed by atoms with Gasteiger partial charge in [0, 0.05) is 12.6 Å². The normalized spacial score (nSPS) is 11.4. The third kappa shape index (κ3) is 4.59. The van der Waals surface area contributed by atoms with Crippen LogP contribution in [0.2, 0.25) is 0 Å². The number of nitrogens with one attached hydrogen (secondary N) is 1. The lowest BCUT2D eigenvalue weighted by atomic mass is 10.0. The predicted molar refractivity (Wildman–Crippen MR) is 104 cm³/mol. The number of carbonyl (C=O) groups excluding carboxylic acids is 1. The maximum atomic E-state index is 14.7. The first-order chi connectivity index (χ1) is 13.7. The number of aryl methyl sites for hydroxylation is 4. The third-order valence-corrected chi connectivity index (χ3v) is 4.46. The fourth-order valence-electron chi connectivity index (χ4n) is 3.04. The summed E-state index contributed by atoms with van der Waals surface area (Å²) in [7, 11) is 1.49. The molecule has 0 radical (unpaired) electrons. The Morgan fingerprint density at radius 2 is 1.86 bits per heavy atom. The summed E-state index contributed by atoms with van der Waals surface area (Å²) in [5.74, 6) is -3.55. The van der Waals surface area contributed by atoms with Crippen LogP contribution in [0.15, 0.2) is 42.5 Å². The van der Waals surface area contributed by atoms with Crippen molar-refractivity contribution in [2.45, 2.75) is 26.7 Å². The topological polar surface area (TPSA) is 69.0 Å². The summed E-state index contributed by atoms with van der Waals surface area (Å²) >= 11 is 0. The highest BCUT2D eigenvalue weighted by atomic mass is 19.3. The molecule has 0 unspecified atom stereocenters. The summed E-state index contributed by atoms with van der Waals surface area (Å²) in [6.45, 7) is 4.50. The lowest BCUT2D eigenvalue weighted by Gasteiger charge is -2.20. The van der Waals surface area contributed by atoms with Crippen molar-refractivity contribution >= 4 is 5.91 Å². The second-order valence-electron chi connectivity index (χ2n) is 6.99. The Kier molecular flexibility index (Phi) is 5.63. The van der Waals surface area contributed by atoms with Crippen molar-refractivity contribution in [3.8, 4) is 11.6 Å². The molecule has 0 saturated carbocycles. The van der Waals surface area contributed by atoms with Crippen molar-refractivity contribution in [3.05, 3.63) is 70.4 Å². The van der Waals surface area contributed by atoms with Crippen molar-refractivity contribution < 1.29 is 18.3 Å². The van der Waals surface area contributed by atoms with E-state index in [1.807, 2.05) is 19.9 Å². The molecule has 0 aliphatic carbocycles. The van der Waals surface area contributed by atoms with Crippen molar-refractivity contribution in [2.24, 2.45) is 7.05 Å². The molecule has 0 spiro atoms. The standard InChI is InChI=1S/C21H22F2N4O2/c1-13-6-5-7-16(11-13)29-20-18(27(4)26-25-20)19(28)24-12-21(22,23)17-9-8-14(2)10-15(17)3/h5-11H,12H2,1-4H3,(H,24,28). The summed E-state index contributed by atoms with van der Waals surface area (Å²) in [6, 6.07) is 11.9. The molecule has 1 amide bonds. The zero-order valence-electron chi connectivity index (χ0n) is 16.7. The highest BCUT2D eigenvalue weighted by Crippen LogP contribution is 2.30. The Morgan fingerprint density at radius 1 is 1.14 bits per heavy atom. The maximum absolute atomic E-state index is 14.7. The molecule has 1 N–H and O–H groups in total. The lowest BCUT2D eigenvalue weighted by molar-refractivity contribution is -0.00319. The number of hydrogen-bond donors (Lipinski definition) is 1. The smallest absolute Gasteiger partial charge is 0.290 e. The van der Waals surface area contributed by atoms with Crippen molar-refractivity contribution in [1.82, 2.24) is 20.3 Å². The van der Waals surface area contributed by atoms with Crippen LogP contribution in [-0.2, 0) is 13.0 Å². The van der Waals surface area contributed by atoms with Crippen LogP contribution in [0, 0.1) is 20.8 Å². The molecule has 0 bridgehead atoms. The minimum absolute atomic E-state index is 0.0389. The summed E-state index contributed by atoms with van der Waals surface area (Å²) in [5, 5.41) is 9.88. The average molecular weight is 400 g/mol. The molecule has 8 heteroatoms. The number of rotatable bonds is 6. The number of benzene rings is 2. The maximum Gasteiger partial charge on any atom is 0.290 e. The number of nitrogens with zero attached hydrogens (tertiary/aromatic N) is 3. The average Bonchev–Trinajstić information content (AvgIpc) is 3.00. The molecule has 0 aliphatic rings. The molecule has 3 aromatic rings. The van der Waals surface area contributed by atoms with Crippen molar-refractivity contribution in [1.29, 1.82) is 0 Å². The van der Waals surface area contributed by atoms with Crippen LogP contribution in [0.1, 0.15) is 32.7 Å². The highest BCUT2D eigenvalue weighted by Gasteiger charge is 2.34. The number of amides is 1. The molecular formula is C21H22F2N4O2. The second kappa shape index (κ2) is 7.98. The highest BCUT2D eigenvalue weighted by molar-refractivity contribution is 5.94. The summed E-state index contributed by atoms with van der Waals surface area (Å²) < 4.78 is 36.1. The van der Waals surface area contributed by atoms with Gasteiger partial charge in [-0.25, -0.2) is 4.68 Å². The minimum Gasteiger partial charge on any atom is -0.436 e. The first kappa shape index (κ1) is 20.4. The number of ether oxygens (including phenoxy) is 1. The molecule has 0 aliphatic heterocycles. The first-order valence-corrected chi connectivity index (χ1v) is 9.05. The molecular weight excluding hydrogens is 378 g/mol. The number of hydrogen-bond acceptors (Lipinski definition) is 4. The fourth-order valence-corrected chi connectivity index (χ4v) is 3.04. The largest absolute Gasteiger partial charge is 0.436 e. The first-order valence-electron chi connectivity index (χ1n) is 9.05. The van der Waals surface area contributed by atoms with Crippen molar-refractivity contribution in [3.63, 3.8) is 0 Å². The van der Waals surface area contributed by atoms with Crippen LogP contribution in [0.25, 0.3) is 0 Å². The summed E-state index contributed by atoms with van der Waals surface area (Å²) in [4.78, 5) is 12.6. The van der Waals surface area contributed by atoms with Crippen LogP contribution < -0.4 is 10.1 Å². The molecule has 0 atom stereocenters.